The number of hydrogen-bond acceptors (Lipinski definition) is 4. The number of nitrogens with one attached hydrogen (secondary N) is 1. The minimum atomic E-state index is 0.590. The van der Waals surface area contributed by atoms with Crippen LogP contribution in [0.3, 0.4) is 0 Å². The van der Waals surface area contributed by atoms with Crippen molar-refractivity contribution < 1.29 is 4.42 Å². The summed E-state index contributed by atoms with van der Waals surface area (Å²) in [7, 11) is 0. The van der Waals surface area contributed by atoms with Gasteiger partial charge in [0.2, 0.25) is 0 Å². The minimum absolute atomic E-state index is 0.590. The van der Waals surface area contributed by atoms with Gasteiger partial charge < -0.3 is 14.6 Å². The number of aromatic nitrogens is 1. The van der Waals surface area contributed by atoms with Crippen LogP contribution in [0.25, 0.3) is 11.3 Å². The number of oxazole rings is 1. The van der Waals surface area contributed by atoms with Crippen molar-refractivity contribution in [3.63, 3.8) is 0 Å². The highest BCUT2D eigenvalue weighted by molar-refractivity contribution is 5.61. The molecule has 2 heterocycles. The normalized spacial score (nSPS) is 19.2. The molecule has 0 bridgehead atoms. The molecule has 4 nitrogen and oxygen atoms in total. The monoisotopic (exact) mass is 285 g/mol. The fraction of sp³-hybridized carbons (Fsp3) is 0.471. The van der Waals surface area contributed by atoms with Gasteiger partial charge in [0.1, 0.15) is 0 Å². The SMILES string of the molecule is CC(C)CC1CN(c2ccc(-c3cnco3)cc2)CCN1. The van der Waals surface area contributed by atoms with Crippen LogP contribution in [0.1, 0.15) is 20.3 Å². The van der Waals surface area contributed by atoms with Crippen molar-refractivity contribution in [2.24, 2.45) is 5.92 Å². The van der Waals surface area contributed by atoms with E-state index in [2.05, 4.69) is 53.3 Å². The van der Waals surface area contributed by atoms with Gasteiger partial charge in [-0.3, -0.25) is 0 Å². The molecule has 3 rings (SSSR count). The molecule has 0 amide bonds. The Morgan fingerprint density at radius 1 is 1.33 bits per heavy atom. The molecule has 1 aromatic carbocycles. The van der Waals surface area contributed by atoms with Crippen LogP contribution in [0, 0.1) is 5.92 Å². The first-order valence-corrected chi connectivity index (χ1v) is 7.69. The van der Waals surface area contributed by atoms with E-state index in [1.165, 1.54) is 18.5 Å². The molecule has 2 aromatic rings. The Hall–Kier alpha value is -1.81. The van der Waals surface area contributed by atoms with Crippen molar-refractivity contribution in [2.75, 3.05) is 24.5 Å². The maximum atomic E-state index is 5.33. The zero-order valence-electron chi connectivity index (χ0n) is 12.7. The topological polar surface area (TPSA) is 41.3 Å². The predicted octanol–water partition coefficient (Wildman–Crippen LogP) is 3.17. The first-order valence-electron chi connectivity index (χ1n) is 7.69. The summed E-state index contributed by atoms with van der Waals surface area (Å²) in [4.78, 5) is 6.43. The molecule has 0 aliphatic carbocycles. The third-order valence-corrected chi connectivity index (χ3v) is 3.96. The van der Waals surface area contributed by atoms with Gasteiger partial charge in [0, 0.05) is 36.9 Å². The first-order chi connectivity index (χ1) is 10.2. The largest absolute Gasteiger partial charge is 0.444 e. The van der Waals surface area contributed by atoms with Crippen molar-refractivity contribution in [3.05, 3.63) is 36.9 Å². The van der Waals surface area contributed by atoms with Crippen LogP contribution in [-0.4, -0.2) is 30.7 Å². The van der Waals surface area contributed by atoms with Crippen LogP contribution in [0.2, 0.25) is 0 Å². The smallest absolute Gasteiger partial charge is 0.181 e. The molecule has 1 aliphatic rings. The average Bonchev–Trinajstić information content (AvgIpc) is 3.01. The Labute approximate surface area is 126 Å². The maximum Gasteiger partial charge on any atom is 0.181 e. The standard InChI is InChI=1S/C17H23N3O/c1-13(2)9-15-11-20(8-7-19-15)16-5-3-14(4-6-16)17-10-18-12-21-17/h3-6,10,12-13,15,19H,7-9,11H2,1-2H3. The molecule has 112 valence electrons. The van der Waals surface area contributed by atoms with Crippen LogP contribution < -0.4 is 10.2 Å². The summed E-state index contributed by atoms with van der Waals surface area (Å²) < 4.78 is 5.33. The second kappa shape index (κ2) is 6.31. The fourth-order valence-electron chi connectivity index (χ4n) is 2.98. The number of piperazine rings is 1. The van der Waals surface area contributed by atoms with Gasteiger partial charge in [-0.25, -0.2) is 4.98 Å². The molecule has 0 radical (unpaired) electrons. The van der Waals surface area contributed by atoms with Crippen LogP contribution in [0.4, 0.5) is 5.69 Å². The van der Waals surface area contributed by atoms with Crippen LogP contribution in [0.15, 0.2) is 41.3 Å². The van der Waals surface area contributed by atoms with E-state index in [-0.39, 0.29) is 0 Å². The van der Waals surface area contributed by atoms with Gasteiger partial charge >= 0.3 is 0 Å². The van der Waals surface area contributed by atoms with Crippen LogP contribution in [0.5, 0.6) is 0 Å². The fourth-order valence-corrected chi connectivity index (χ4v) is 2.98. The van der Waals surface area contributed by atoms with Gasteiger partial charge in [0.05, 0.1) is 6.20 Å². The lowest BCUT2D eigenvalue weighted by atomic mass is 10.0. The van der Waals surface area contributed by atoms with Gasteiger partial charge in [-0.1, -0.05) is 13.8 Å². The van der Waals surface area contributed by atoms with Gasteiger partial charge in [-0.05, 0) is 36.6 Å². The van der Waals surface area contributed by atoms with Crippen molar-refractivity contribution in [1.29, 1.82) is 0 Å². The highest BCUT2D eigenvalue weighted by Gasteiger charge is 2.20. The maximum absolute atomic E-state index is 5.33. The molecule has 0 saturated carbocycles. The van der Waals surface area contributed by atoms with Crippen molar-refractivity contribution in [2.45, 2.75) is 26.3 Å². The molecule has 1 saturated heterocycles. The first kappa shape index (κ1) is 14.1. The van der Waals surface area contributed by atoms with Gasteiger partial charge in [0.25, 0.3) is 0 Å². The molecule has 4 heteroatoms. The van der Waals surface area contributed by atoms with E-state index in [1.54, 1.807) is 6.20 Å². The third-order valence-electron chi connectivity index (χ3n) is 3.96. The lowest BCUT2D eigenvalue weighted by Crippen LogP contribution is -2.51. The zero-order valence-corrected chi connectivity index (χ0v) is 12.7. The second-order valence-electron chi connectivity index (χ2n) is 6.14. The molecule has 1 atom stereocenters. The zero-order chi connectivity index (χ0) is 14.7. The van der Waals surface area contributed by atoms with Gasteiger partial charge in [0.15, 0.2) is 12.2 Å². The van der Waals surface area contributed by atoms with Gasteiger partial charge in [-0.2, -0.15) is 0 Å². The summed E-state index contributed by atoms with van der Waals surface area (Å²) in [5, 5.41) is 3.62. The number of rotatable bonds is 4. The summed E-state index contributed by atoms with van der Waals surface area (Å²) in [5.74, 6) is 1.55. The van der Waals surface area contributed by atoms with E-state index >= 15 is 0 Å². The Morgan fingerprint density at radius 2 is 2.14 bits per heavy atom. The van der Waals surface area contributed by atoms with E-state index < -0.39 is 0 Å². The summed E-state index contributed by atoms with van der Waals surface area (Å²) in [6.07, 6.45) is 4.45. The molecule has 1 fully saturated rings. The van der Waals surface area contributed by atoms with E-state index in [0.717, 1.165) is 36.9 Å². The predicted molar refractivity (Wildman–Crippen MR) is 85.4 cm³/mol. The lowest BCUT2D eigenvalue weighted by molar-refractivity contribution is 0.388. The molecule has 1 aromatic heterocycles. The summed E-state index contributed by atoms with van der Waals surface area (Å²) in [5.41, 5.74) is 2.36. The highest BCUT2D eigenvalue weighted by Crippen LogP contribution is 2.24. The Balaban J connectivity index is 1.69. The quantitative estimate of drug-likeness (QED) is 0.937. The summed E-state index contributed by atoms with van der Waals surface area (Å²) in [6.45, 7) is 7.77. The number of anilines is 1. The van der Waals surface area contributed by atoms with Crippen LogP contribution in [-0.2, 0) is 0 Å². The molecule has 0 spiro atoms. The molecular weight excluding hydrogens is 262 g/mol. The molecular formula is C17H23N3O. The van der Waals surface area contributed by atoms with Crippen LogP contribution >= 0.6 is 0 Å². The number of hydrogen-bond donors (Lipinski definition) is 1. The molecule has 1 N–H and O–H groups in total. The Bertz CT molecular complexity index is 548. The highest BCUT2D eigenvalue weighted by atomic mass is 16.3. The van der Waals surface area contributed by atoms with E-state index in [9.17, 15) is 0 Å². The average molecular weight is 285 g/mol. The minimum Gasteiger partial charge on any atom is -0.444 e. The summed E-state index contributed by atoms with van der Waals surface area (Å²) in [6, 6.07) is 9.16. The van der Waals surface area contributed by atoms with Crippen molar-refractivity contribution >= 4 is 5.69 Å². The van der Waals surface area contributed by atoms with E-state index in [0.29, 0.717) is 6.04 Å². The molecule has 21 heavy (non-hydrogen) atoms. The summed E-state index contributed by atoms with van der Waals surface area (Å²) >= 11 is 0. The Kier molecular flexibility index (Phi) is 4.25. The number of nitrogens with zero attached hydrogens (tertiary/aromatic N) is 2. The van der Waals surface area contributed by atoms with E-state index in [4.69, 9.17) is 4.42 Å². The third kappa shape index (κ3) is 3.45. The molecule has 1 aliphatic heterocycles. The lowest BCUT2D eigenvalue weighted by Gasteiger charge is -2.36. The van der Waals surface area contributed by atoms with Gasteiger partial charge in [-0.15, -0.1) is 0 Å². The van der Waals surface area contributed by atoms with Crippen molar-refractivity contribution in [3.8, 4) is 11.3 Å². The van der Waals surface area contributed by atoms with E-state index in [1.807, 2.05) is 0 Å². The second-order valence-corrected chi connectivity index (χ2v) is 6.14. The molecule has 1 unspecified atom stereocenters. The Morgan fingerprint density at radius 3 is 2.81 bits per heavy atom. The van der Waals surface area contributed by atoms with Crippen molar-refractivity contribution in [1.82, 2.24) is 10.3 Å². The number of benzene rings is 1.